The third kappa shape index (κ3) is 16.3. The third-order valence-electron chi connectivity index (χ3n) is 4.90. The van der Waals surface area contributed by atoms with Gasteiger partial charge in [-0.25, -0.2) is 0 Å². The number of unbranched alkanes of at least 4 members (excludes halogenated alkanes) is 10. The van der Waals surface area contributed by atoms with Crippen molar-refractivity contribution in [3.8, 4) is 0 Å². The molecule has 0 rings (SSSR count). The van der Waals surface area contributed by atoms with Crippen molar-refractivity contribution >= 4 is 5.97 Å². The largest absolute Gasteiger partial charge is 0.465 e. The molecule has 0 saturated heterocycles. The van der Waals surface area contributed by atoms with Gasteiger partial charge in [0.1, 0.15) is 0 Å². The standard InChI is InChI=1S/C22H44O2/c1-4-7-10-12-13-16-18-21(17-15-11-8-5-2)20-24-22(23)19-14-9-6-3/h21H,4-20H2,1-3H3. The summed E-state index contributed by atoms with van der Waals surface area (Å²) in [5, 5.41) is 0. The van der Waals surface area contributed by atoms with Crippen LogP contribution in [0.5, 0.6) is 0 Å². The van der Waals surface area contributed by atoms with Gasteiger partial charge in [0, 0.05) is 6.42 Å². The maximum Gasteiger partial charge on any atom is 0.305 e. The van der Waals surface area contributed by atoms with Gasteiger partial charge in [-0.1, -0.05) is 97.8 Å². The van der Waals surface area contributed by atoms with Gasteiger partial charge in [0.05, 0.1) is 6.61 Å². The Labute approximate surface area is 152 Å². The van der Waals surface area contributed by atoms with E-state index in [1.807, 2.05) is 0 Å². The molecule has 0 aliphatic carbocycles. The molecule has 0 aromatic carbocycles. The van der Waals surface area contributed by atoms with Crippen molar-refractivity contribution in [2.75, 3.05) is 6.61 Å². The summed E-state index contributed by atoms with van der Waals surface area (Å²) in [5.74, 6) is 0.605. The molecule has 0 radical (unpaired) electrons. The average molecular weight is 341 g/mol. The first-order valence-electron chi connectivity index (χ1n) is 10.9. The summed E-state index contributed by atoms with van der Waals surface area (Å²) >= 11 is 0. The molecule has 2 nitrogen and oxygen atoms in total. The molecule has 2 heteroatoms. The number of ether oxygens (including phenoxy) is 1. The van der Waals surface area contributed by atoms with E-state index in [-0.39, 0.29) is 5.97 Å². The second-order valence-electron chi connectivity index (χ2n) is 7.41. The Morgan fingerprint density at radius 1 is 0.667 bits per heavy atom. The van der Waals surface area contributed by atoms with Crippen molar-refractivity contribution in [3.63, 3.8) is 0 Å². The molecule has 1 unspecified atom stereocenters. The molecule has 0 aliphatic rings. The fourth-order valence-corrected chi connectivity index (χ4v) is 3.19. The van der Waals surface area contributed by atoms with Crippen LogP contribution in [0.25, 0.3) is 0 Å². The minimum absolute atomic E-state index is 0.0185. The smallest absolute Gasteiger partial charge is 0.305 e. The number of rotatable bonds is 18. The zero-order chi connectivity index (χ0) is 17.9. The minimum Gasteiger partial charge on any atom is -0.465 e. The predicted octanol–water partition coefficient (Wildman–Crippen LogP) is 7.45. The van der Waals surface area contributed by atoms with Crippen LogP contribution in [0.1, 0.15) is 124 Å². The van der Waals surface area contributed by atoms with Gasteiger partial charge in [0.15, 0.2) is 0 Å². The lowest BCUT2D eigenvalue weighted by Crippen LogP contribution is -2.14. The van der Waals surface area contributed by atoms with Crippen molar-refractivity contribution in [3.05, 3.63) is 0 Å². The van der Waals surface area contributed by atoms with Crippen LogP contribution < -0.4 is 0 Å². The fraction of sp³-hybridized carbons (Fsp3) is 0.955. The molecule has 0 heterocycles. The molecular weight excluding hydrogens is 296 g/mol. The summed E-state index contributed by atoms with van der Waals surface area (Å²) < 4.78 is 5.56. The second kappa shape index (κ2) is 18.8. The zero-order valence-electron chi connectivity index (χ0n) is 16.9. The van der Waals surface area contributed by atoms with Crippen molar-refractivity contribution in [2.45, 2.75) is 124 Å². The van der Waals surface area contributed by atoms with Crippen LogP contribution in [0.4, 0.5) is 0 Å². The van der Waals surface area contributed by atoms with Crippen molar-refractivity contribution in [2.24, 2.45) is 5.92 Å². The normalized spacial score (nSPS) is 12.3. The molecule has 0 bridgehead atoms. The lowest BCUT2D eigenvalue weighted by atomic mass is 9.95. The molecule has 0 saturated carbocycles. The maximum absolute atomic E-state index is 11.8. The van der Waals surface area contributed by atoms with E-state index in [4.69, 9.17) is 4.74 Å². The van der Waals surface area contributed by atoms with E-state index in [2.05, 4.69) is 20.8 Å². The van der Waals surface area contributed by atoms with Crippen molar-refractivity contribution in [1.29, 1.82) is 0 Å². The molecule has 0 aromatic heterocycles. The van der Waals surface area contributed by atoms with Crippen LogP contribution in [-0.4, -0.2) is 12.6 Å². The van der Waals surface area contributed by atoms with Crippen LogP contribution in [-0.2, 0) is 9.53 Å². The summed E-state index contributed by atoms with van der Waals surface area (Å²) in [6.45, 7) is 7.34. The molecule has 0 N–H and O–H groups in total. The maximum atomic E-state index is 11.8. The van der Waals surface area contributed by atoms with Crippen LogP contribution in [0.15, 0.2) is 0 Å². The summed E-state index contributed by atoms with van der Waals surface area (Å²) in [6.07, 6.45) is 19.7. The zero-order valence-corrected chi connectivity index (χ0v) is 16.9. The number of carbonyl (C=O) groups excluding carboxylic acids is 1. The molecule has 144 valence electrons. The summed E-state index contributed by atoms with van der Waals surface area (Å²) in [7, 11) is 0. The molecule has 0 amide bonds. The van der Waals surface area contributed by atoms with Crippen molar-refractivity contribution < 1.29 is 9.53 Å². The Morgan fingerprint density at radius 2 is 1.12 bits per heavy atom. The van der Waals surface area contributed by atoms with Crippen molar-refractivity contribution in [1.82, 2.24) is 0 Å². The molecule has 24 heavy (non-hydrogen) atoms. The van der Waals surface area contributed by atoms with E-state index in [0.29, 0.717) is 18.9 Å². The summed E-state index contributed by atoms with van der Waals surface area (Å²) in [5.41, 5.74) is 0. The van der Waals surface area contributed by atoms with Gasteiger partial charge in [-0.3, -0.25) is 4.79 Å². The highest BCUT2D eigenvalue weighted by atomic mass is 16.5. The van der Waals surface area contributed by atoms with Crippen LogP contribution in [0, 0.1) is 5.92 Å². The Hall–Kier alpha value is -0.530. The molecule has 0 spiro atoms. The Balaban J connectivity index is 3.91. The SMILES string of the molecule is CCCCCCCCC(CCCCCC)COC(=O)CCCCC. The van der Waals surface area contributed by atoms with Gasteiger partial charge in [-0.15, -0.1) is 0 Å². The molecule has 0 aliphatic heterocycles. The van der Waals surface area contributed by atoms with Gasteiger partial charge in [0.25, 0.3) is 0 Å². The molecule has 1 atom stereocenters. The number of carbonyl (C=O) groups is 1. The topological polar surface area (TPSA) is 26.3 Å². The number of hydrogen-bond donors (Lipinski definition) is 0. The third-order valence-corrected chi connectivity index (χ3v) is 4.90. The first-order chi connectivity index (χ1) is 11.7. The Kier molecular flexibility index (Phi) is 18.4. The monoisotopic (exact) mass is 340 g/mol. The van der Waals surface area contributed by atoms with Crippen LogP contribution in [0.2, 0.25) is 0 Å². The number of esters is 1. The lowest BCUT2D eigenvalue weighted by molar-refractivity contribution is -0.145. The minimum atomic E-state index is 0.0185. The highest BCUT2D eigenvalue weighted by molar-refractivity contribution is 5.69. The van der Waals surface area contributed by atoms with Gasteiger partial charge < -0.3 is 4.74 Å². The van der Waals surface area contributed by atoms with E-state index in [1.54, 1.807) is 0 Å². The average Bonchev–Trinajstić information content (AvgIpc) is 2.59. The van der Waals surface area contributed by atoms with Gasteiger partial charge in [-0.05, 0) is 25.2 Å². The van der Waals surface area contributed by atoms with Gasteiger partial charge >= 0.3 is 5.97 Å². The van der Waals surface area contributed by atoms with E-state index in [9.17, 15) is 4.79 Å². The van der Waals surface area contributed by atoms with E-state index in [1.165, 1.54) is 77.0 Å². The highest BCUT2D eigenvalue weighted by Crippen LogP contribution is 2.19. The Morgan fingerprint density at radius 3 is 1.71 bits per heavy atom. The highest BCUT2D eigenvalue weighted by Gasteiger charge is 2.12. The van der Waals surface area contributed by atoms with Gasteiger partial charge in [0.2, 0.25) is 0 Å². The first kappa shape index (κ1) is 23.5. The first-order valence-corrected chi connectivity index (χ1v) is 10.9. The Bertz CT molecular complexity index is 263. The lowest BCUT2D eigenvalue weighted by Gasteiger charge is -2.17. The molecule has 0 fully saturated rings. The second-order valence-corrected chi connectivity index (χ2v) is 7.41. The van der Waals surface area contributed by atoms with E-state index in [0.717, 1.165) is 19.3 Å². The van der Waals surface area contributed by atoms with Crippen LogP contribution in [0.3, 0.4) is 0 Å². The quantitative estimate of drug-likeness (QED) is 0.191. The summed E-state index contributed by atoms with van der Waals surface area (Å²) in [4.78, 5) is 11.8. The fourth-order valence-electron chi connectivity index (χ4n) is 3.19. The van der Waals surface area contributed by atoms with Gasteiger partial charge in [-0.2, -0.15) is 0 Å². The molecule has 0 aromatic rings. The van der Waals surface area contributed by atoms with E-state index < -0.39 is 0 Å². The molecular formula is C22H44O2. The van der Waals surface area contributed by atoms with E-state index >= 15 is 0 Å². The van der Waals surface area contributed by atoms with Crippen LogP contribution >= 0.6 is 0 Å². The number of hydrogen-bond acceptors (Lipinski definition) is 2. The predicted molar refractivity (Wildman–Crippen MR) is 105 cm³/mol. The summed E-state index contributed by atoms with van der Waals surface area (Å²) in [6, 6.07) is 0.